The molecule has 0 radical (unpaired) electrons. The highest BCUT2D eigenvalue weighted by Gasteiger charge is 2.18. The van der Waals surface area contributed by atoms with E-state index in [-0.39, 0.29) is 10.9 Å². The number of nitrogens with zero attached hydrogens (tertiary/aromatic N) is 1. The van der Waals surface area contributed by atoms with Crippen LogP contribution in [0.25, 0.3) is 0 Å². The second-order valence-electron chi connectivity index (χ2n) is 4.28. The van der Waals surface area contributed by atoms with Gasteiger partial charge in [-0.2, -0.15) is 0 Å². The molecule has 0 aliphatic heterocycles. The zero-order valence-corrected chi connectivity index (χ0v) is 12.5. The first-order valence-corrected chi connectivity index (χ1v) is 8.42. The van der Waals surface area contributed by atoms with Crippen LogP contribution < -0.4 is 16.2 Å². The monoisotopic (exact) mass is 312 g/mol. The summed E-state index contributed by atoms with van der Waals surface area (Å²) in [4.78, 5) is 4.24. The van der Waals surface area contributed by atoms with Crippen molar-refractivity contribution in [3.8, 4) is 0 Å². The van der Waals surface area contributed by atoms with Crippen molar-refractivity contribution in [3.05, 3.63) is 34.8 Å². The van der Waals surface area contributed by atoms with E-state index >= 15 is 0 Å². The van der Waals surface area contributed by atoms with Crippen molar-refractivity contribution in [3.63, 3.8) is 0 Å². The number of nitrogens with one attached hydrogen (secondary N) is 1. The van der Waals surface area contributed by atoms with Crippen LogP contribution in [0.4, 0.5) is 11.4 Å². The van der Waals surface area contributed by atoms with Gasteiger partial charge in [-0.05, 0) is 24.6 Å². The van der Waals surface area contributed by atoms with E-state index in [1.54, 1.807) is 18.3 Å². The Kier molecular flexibility index (Phi) is 4.26. The van der Waals surface area contributed by atoms with Crippen molar-refractivity contribution in [1.82, 2.24) is 4.98 Å². The number of benzene rings is 1. The molecular formula is C12H16N4O2S2. The molecule has 1 aromatic heterocycles. The average Bonchev–Trinajstić information content (AvgIpc) is 2.90. The van der Waals surface area contributed by atoms with E-state index in [0.717, 1.165) is 11.4 Å². The van der Waals surface area contributed by atoms with Gasteiger partial charge in [0, 0.05) is 17.3 Å². The standard InChI is InChI=1S/C12H16N4O2S2/c1-2-9(12-15-5-6-19-12)16-10-4-3-8(13)7-11(10)20(14,17)18/h3-7,9,16H,2,13H2,1H3,(H2,14,17,18). The Hall–Kier alpha value is -1.64. The molecule has 0 saturated heterocycles. The zero-order valence-electron chi connectivity index (χ0n) is 10.9. The summed E-state index contributed by atoms with van der Waals surface area (Å²) >= 11 is 1.51. The minimum Gasteiger partial charge on any atom is -0.399 e. The lowest BCUT2D eigenvalue weighted by Crippen LogP contribution is -2.17. The molecule has 20 heavy (non-hydrogen) atoms. The molecule has 1 unspecified atom stereocenters. The summed E-state index contributed by atoms with van der Waals surface area (Å²) in [5.74, 6) is 0. The summed E-state index contributed by atoms with van der Waals surface area (Å²) in [5, 5.41) is 11.2. The van der Waals surface area contributed by atoms with E-state index in [9.17, 15) is 8.42 Å². The first kappa shape index (κ1) is 14.8. The Bertz CT molecular complexity index is 683. The predicted molar refractivity (Wildman–Crippen MR) is 81.0 cm³/mol. The van der Waals surface area contributed by atoms with Crippen LogP contribution in [-0.4, -0.2) is 13.4 Å². The van der Waals surface area contributed by atoms with Gasteiger partial charge >= 0.3 is 0 Å². The molecule has 0 bridgehead atoms. The SMILES string of the molecule is CCC(Nc1ccc(N)cc1S(N)(=O)=O)c1nccs1. The summed E-state index contributed by atoms with van der Waals surface area (Å²) < 4.78 is 23.3. The topological polar surface area (TPSA) is 111 Å². The first-order chi connectivity index (χ1) is 9.41. The third-order valence-electron chi connectivity index (χ3n) is 2.80. The molecule has 0 spiro atoms. The number of hydrogen-bond donors (Lipinski definition) is 3. The van der Waals surface area contributed by atoms with Gasteiger partial charge in [0.2, 0.25) is 10.0 Å². The maximum Gasteiger partial charge on any atom is 0.240 e. The van der Waals surface area contributed by atoms with Crippen molar-refractivity contribution >= 4 is 32.7 Å². The van der Waals surface area contributed by atoms with Gasteiger partial charge in [0.05, 0.1) is 11.7 Å². The molecule has 5 N–H and O–H groups in total. The van der Waals surface area contributed by atoms with E-state index in [0.29, 0.717) is 11.4 Å². The van der Waals surface area contributed by atoms with Crippen molar-refractivity contribution in [2.45, 2.75) is 24.3 Å². The average molecular weight is 312 g/mol. The van der Waals surface area contributed by atoms with Gasteiger partial charge in [-0.15, -0.1) is 11.3 Å². The summed E-state index contributed by atoms with van der Waals surface area (Å²) in [6, 6.07) is 4.53. The first-order valence-electron chi connectivity index (χ1n) is 6.00. The molecule has 8 heteroatoms. The Balaban J connectivity index is 2.38. The summed E-state index contributed by atoms with van der Waals surface area (Å²) in [6.07, 6.45) is 2.48. The maximum atomic E-state index is 11.6. The Morgan fingerprint density at radius 1 is 1.45 bits per heavy atom. The highest BCUT2D eigenvalue weighted by molar-refractivity contribution is 7.89. The number of hydrogen-bond acceptors (Lipinski definition) is 6. The van der Waals surface area contributed by atoms with E-state index in [1.807, 2.05) is 12.3 Å². The molecule has 6 nitrogen and oxygen atoms in total. The summed E-state index contributed by atoms with van der Waals surface area (Å²) in [5.41, 5.74) is 6.41. The molecule has 1 aromatic carbocycles. The molecule has 2 aromatic rings. The second kappa shape index (κ2) is 5.78. The molecule has 0 saturated carbocycles. The number of aromatic nitrogens is 1. The molecule has 1 atom stereocenters. The normalized spacial score (nSPS) is 13.1. The van der Waals surface area contributed by atoms with E-state index in [4.69, 9.17) is 10.9 Å². The third-order valence-corrected chi connectivity index (χ3v) is 4.64. The molecular weight excluding hydrogens is 296 g/mol. The number of nitrogens with two attached hydrogens (primary N) is 2. The number of nitrogen functional groups attached to an aromatic ring is 1. The van der Waals surface area contributed by atoms with Crippen molar-refractivity contribution < 1.29 is 8.42 Å². The minimum atomic E-state index is -3.84. The summed E-state index contributed by atoms with van der Waals surface area (Å²) in [7, 11) is -3.84. The van der Waals surface area contributed by atoms with Gasteiger partial charge in [0.15, 0.2) is 0 Å². The highest BCUT2D eigenvalue weighted by atomic mass is 32.2. The largest absolute Gasteiger partial charge is 0.399 e. The summed E-state index contributed by atoms with van der Waals surface area (Å²) in [6.45, 7) is 1.99. The zero-order chi connectivity index (χ0) is 14.8. The van der Waals surface area contributed by atoms with Crippen molar-refractivity contribution in [2.24, 2.45) is 5.14 Å². The Morgan fingerprint density at radius 2 is 2.20 bits per heavy atom. The fourth-order valence-corrected chi connectivity index (χ4v) is 3.33. The van der Waals surface area contributed by atoms with Crippen LogP contribution in [0.3, 0.4) is 0 Å². The lowest BCUT2D eigenvalue weighted by Gasteiger charge is -2.18. The van der Waals surface area contributed by atoms with Crippen LogP contribution in [0.1, 0.15) is 24.4 Å². The fraction of sp³-hybridized carbons (Fsp3) is 0.250. The van der Waals surface area contributed by atoms with Gasteiger partial charge in [-0.1, -0.05) is 6.92 Å². The quantitative estimate of drug-likeness (QED) is 0.731. The number of anilines is 2. The predicted octanol–water partition coefficient (Wildman–Crippen LogP) is 1.94. The number of rotatable bonds is 5. The number of primary sulfonamides is 1. The second-order valence-corrected chi connectivity index (χ2v) is 6.73. The van der Waals surface area contributed by atoms with E-state index in [2.05, 4.69) is 10.3 Å². The van der Waals surface area contributed by atoms with Gasteiger partial charge < -0.3 is 11.1 Å². The van der Waals surface area contributed by atoms with Gasteiger partial charge in [-0.25, -0.2) is 18.5 Å². The number of sulfonamides is 1. The van der Waals surface area contributed by atoms with Crippen LogP contribution in [0.2, 0.25) is 0 Å². The molecule has 0 amide bonds. The van der Waals surface area contributed by atoms with E-state index < -0.39 is 10.0 Å². The van der Waals surface area contributed by atoms with Gasteiger partial charge in [-0.3, -0.25) is 0 Å². The van der Waals surface area contributed by atoms with Gasteiger partial charge in [0.1, 0.15) is 9.90 Å². The maximum absolute atomic E-state index is 11.6. The van der Waals surface area contributed by atoms with Crippen molar-refractivity contribution in [1.29, 1.82) is 0 Å². The lowest BCUT2D eigenvalue weighted by molar-refractivity contribution is 0.597. The lowest BCUT2D eigenvalue weighted by atomic mass is 10.2. The molecule has 0 aliphatic carbocycles. The fourth-order valence-electron chi connectivity index (χ4n) is 1.83. The van der Waals surface area contributed by atoms with Crippen molar-refractivity contribution in [2.75, 3.05) is 11.1 Å². The highest BCUT2D eigenvalue weighted by Crippen LogP contribution is 2.29. The number of thiazole rings is 1. The van der Waals surface area contributed by atoms with Crippen LogP contribution >= 0.6 is 11.3 Å². The molecule has 2 rings (SSSR count). The molecule has 0 fully saturated rings. The van der Waals surface area contributed by atoms with Crippen LogP contribution in [0.5, 0.6) is 0 Å². The van der Waals surface area contributed by atoms with Crippen LogP contribution in [0, 0.1) is 0 Å². The smallest absolute Gasteiger partial charge is 0.240 e. The van der Waals surface area contributed by atoms with E-state index in [1.165, 1.54) is 17.4 Å². The van der Waals surface area contributed by atoms with Crippen LogP contribution in [-0.2, 0) is 10.0 Å². The Labute approximate surface area is 121 Å². The van der Waals surface area contributed by atoms with Gasteiger partial charge in [0.25, 0.3) is 0 Å². The third kappa shape index (κ3) is 3.27. The molecule has 1 heterocycles. The molecule has 0 aliphatic rings. The molecule has 108 valence electrons. The van der Waals surface area contributed by atoms with Crippen LogP contribution in [0.15, 0.2) is 34.7 Å². The Morgan fingerprint density at radius 3 is 2.75 bits per heavy atom. The minimum absolute atomic E-state index is 0.00694.